The maximum Gasteiger partial charge on any atom is 0.322 e. The fourth-order valence-electron chi connectivity index (χ4n) is 2.36. The van der Waals surface area contributed by atoms with E-state index in [1.807, 2.05) is 33.8 Å². The van der Waals surface area contributed by atoms with Gasteiger partial charge >= 0.3 is 6.01 Å². The van der Waals surface area contributed by atoms with Crippen molar-refractivity contribution in [3.8, 4) is 11.5 Å². The Morgan fingerprint density at radius 1 is 1.22 bits per heavy atom. The van der Waals surface area contributed by atoms with Crippen molar-refractivity contribution in [1.29, 1.82) is 0 Å². The van der Waals surface area contributed by atoms with Gasteiger partial charge in [-0.05, 0) is 39.8 Å². The van der Waals surface area contributed by atoms with Crippen LogP contribution in [0.4, 0.5) is 6.01 Å². The first-order valence-electron chi connectivity index (χ1n) is 7.24. The molecule has 0 radical (unpaired) electrons. The Labute approximate surface area is 132 Å². The second-order valence-electron chi connectivity index (χ2n) is 5.18. The molecule has 3 rings (SSSR count). The number of aryl methyl sites for hydroxylation is 4. The van der Waals surface area contributed by atoms with Crippen molar-refractivity contribution >= 4 is 11.9 Å². The van der Waals surface area contributed by atoms with E-state index in [0.717, 1.165) is 11.5 Å². The number of hydrogen-bond donors (Lipinski definition) is 1. The van der Waals surface area contributed by atoms with E-state index in [-0.39, 0.29) is 11.9 Å². The molecule has 8 nitrogen and oxygen atoms in total. The van der Waals surface area contributed by atoms with E-state index in [2.05, 4.69) is 20.6 Å². The predicted molar refractivity (Wildman–Crippen MR) is 82.1 cm³/mol. The molecular formula is C15H17N5O3. The number of furan rings is 1. The molecule has 120 valence electrons. The molecule has 3 heterocycles. The van der Waals surface area contributed by atoms with E-state index < -0.39 is 0 Å². The maximum absolute atomic E-state index is 12.3. The van der Waals surface area contributed by atoms with Gasteiger partial charge in [0.15, 0.2) is 0 Å². The van der Waals surface area contributed by atoms with Crippen LogP contribution in [0.25, 0.3) is 11.5 Å². The highest BCUT2D eigenvalue weighted by atomic mass is 16.4. The van der Waals surface area contributed by atoms with Gasteiger partial charge in [-0.1, -0.05) is 5.10 Å². The summed E-state index contributed by atoms with van der Waals surface area (Å²) < 4.78 is 12.5. The van der Waals surface area contributed by atoms with Crippen molar-refractivity contribution in [1.82, 2.24) is 20.0 Å². The van der Waals surface area contributed by atoms with E-state index in [0.29, 0.717) is 29.5 Å². The number of hydrogen-bond acceptors (Lipinski definition) is 6. The number of rotatable bonds is 4. The molecule has 0 spiro atoms. The van der Waals surface area contributed by atoms with Crippen LogP contribution in [0.3, 0.4) is 0 Å². The lowest BCUT2D eigenvalue weighted by Crippen LogP contribution is -2.17. The molecule has 3 aromatic rings. The molecule has 0 atom stereocenters. The van der Waals surface area contributed by atoms with E-state index in [9.17, 15) is 4.79 Å². The Hall–Kier alpha value is -2.90. The zero-order valence-corrected chi connectivity index (χ0v) is 13.4. The lowest BCUT2D eigenvalue weighted by atomic mass is 10.2. The zero-order chi connectivity index (χ0) is 16.6. The number of carbonyl (C=O) groups is 1. The van der Waals surface area contributed by atoms with Gasteiger partial charge in [0.25, 0.3) is 11.8 Å². The monoisotopic (exact) mass is 315 g/mol. The molecular weight excluding hydrogens is 298 g/mol. The van der Waals surface area contributed by atoms with E-state index in [1.54, 1.807) is 10.7 Å². The average molecular weight is 315 g/mol. The second kappa shape index (κ2) is 5.71. The highest BCUT2D eigenvalue weighted by molar-refractivity contribution is 6.01. The minimum Gasteiger partial charge on any atom is -0.466 e. The van der Waals surface area contributed by atoms with Crippen LogP contribution in [-0.4, -0.2) is 25.9 Å². The Balaban J connectivity index is 1.81. The van der Waals surface area contributed by atoms with Crippen LogP contribution in [-0.2, 0) is 6.54 Å². The van der Waals surface area contributed by atoms with Crippen LogP contribution in [0.2, 0.25) is 0 Å². The first kappa shape index (κ1) is 15.0. The molecule has 0 aliphatic heterocycles. The largest absolute Gasteiger partial charge is 0.466 e. The van der Waals surface area contributed by atoms with Crippen LogP contribution in [0.5, 0.6) is 0 Å². The van der Waals surface area contributed by atoms with Gasteiger partial charge in [-0.15, -0.1) is 5.10 Å². The van der Waals surface area contributed by atoms with Gasteiger partial charge in [0.2, 0.25) is 0 Å². The second-order valence-corrected chi connectivity index (χ2v) is 5.18. The molecule has 0 saturated carbocycles. The fraction of sp³-hybridized carbons (Fsp3) is 0.333. The molecule has 0 aromatic carbocycles. The van der Waals surface area contributed by atoms with Crippen molar-refractivity contribution < 1.29 is 13.6 Å². The molecule has 0 aliphatic carbocycles. The van der Waals surface area contributed by atoms with Crippen molar-refractivity contribution in [2.75, 3.05) is 5.32 Å². The summed E-state index contributed by atoms with van der Waals surface area (Å²) >= 11 is 0. The Morgan fingerprint density at radius 2 is 2.00 bits per heavy atom. The first-order chi connectivity index (χ1) is 11.0. The molecule has 0 aliphatic rings. The summed E-state index contributed by atoms with van der Waals surface area (Å²) in [5.74, 6) is 1.39. The summed E-state index contributed by atoms with van der Waals surface area (Å²) in [4.78, 5) is 12.3. The number of aromatic nitrogens is 4. The van der Waals surface area contributed by atoms with E-state index in [1.165, 1.54) is 0 Å². The molecule has 1 amide bonds. The molecule has 0 unspecified atom stereocenters. The topological polar surface area (TPSA) is 99.0 Å². The smallest absolute Gasteiger partial charge is 0.322 e. The Morgan fingerprint density at radius 3 is 2.65 bits per heavy atom. The zero-order valence-electron chi connectivity index (χ0n) is 13.4. The fourth-order valence-corrected chi connectivity index (χ4v) is 2.36. The molecule has 0 fully saturated rings. The van der Waals surface area contributed by atoms with Gasteiger partial charge in [0.1, 0.15) is 17.2 Å². The van der Waals surface area contributed by atoms with Gasteiger partial charge in [-0.25, -0.2) is 0 Å². The molecule has 3 aromatic heterocycles. The van der Waals surface area contributed by atoms with Crippen LogP contribution in [0.1, 0.15) is 34.6 Å². The number of carbonyl (C=O) groups excluding carboxylic acids is 1. The summed E-state index contributed by atoms with van der Waals surface area (Å²) in [5, 5.41) is 14.6. The number of amides is 1. The molecule has 8 heteroatoms. The maximum atomic E-state index is 12.3. The van der Waals surface area contributed by atoms with Crippen molar-refractivity contribution in [3.05, 3.63) is 35.0 Å². The van der Waals surface area contributed by atoms with Crippen LogP contribution >= 0.6 is 0 Å². The molecule has 0 bridgehead atoms. The van der Waals surface area contributed by atoms with E-state index >= 15 is 0 Å². The lowest BCUT2D eigenvalue weighted by Gasteiger charge is -2.02. The minimum absolute atomic E-state index is 0.0322. The van der Waals surface area contributed by atoms with Crippen LogP contribution < -0.4 is 5.32 Å². The molecule has 1 N–H and O–H groups in total. The third-order valence-corrected chi connectivity index (χ3v) is 3.35. The predicted octanol–water partition coefficient (Wildman–Crippen LogP) is 2.72. The van der Waals surface area contributed by atoms with Gasteiger partial charge in [0.05, 0.1) is 11.3 Å². The first-order valence-corrected chi connectivity index (χ1v) is 7.24. The average Bonchev–Trinajstić information content (AvgIpc) is 3.18. The van der Waals surface area contributed by atoms with Crippen molar-refractivity contribution in [3.63, 3.8) is 0 Å². The summed E-state index contributed by atoms with van der Waals surface area (Å²) in [6.07, 6.45) is 0. The number of nitrogens with one attached hydrogen (secondary N) is 1. The van der Waals surface area contributed by atoms with Crippen LogP contribution in [0.15, 0.2) is 21.0 Å². The highest BCUT2D eigenvalue weighted by Gasteiger charge is 2.18. The van der Waals surface area contributed by atoms with Gasteiger partial charge < -0.3 is 8.83 Å². The molecule has 23 heavy (non-hydrogen) atoms. The SMILES string of the molecule is CCn1nc(C)cc1C(=O)Nc1nnc(-c2cc(C)oc2C)o1. The summed E-state index contributed by atoms with van der Waals surface area (Å²) in [6, 6.07) is 3.55. The highest BCUT2D eigenvalue weighted by Crippen LogP contribution is 2.26. The third kappa shape index (κ3) is 2.87. The Kier molecular flexibility index (Phi) is 3.73. The van der Waals surface area contributed by atoms with Gasteiger partial charge in [-0.3, -0.25) is 14.8 Å². The minimum atomic E-state index is -0.345. The number of nitrogens with zero attached hydrogens (tertiary/aromatic N) is 4. The van der Waals surface area contributed by atoms with Gasteiger partial charge in [-0.2, -0.15) is 5.10 Å². The lowest BCUT2D eigenvalue weighted by molar-refractivity contribution is 0.101. The Bertz CT molecular complexity index is 858. The van der Waals surface area contributed by atoms with Crippen molar-refractivity contribution in [2.24, 2.45) is 0 Å². The van der Waals surface area contributed by atoms with Crippen molar-refractivity contribution in [2.45, 2.75) is 34.2 Å². The standard InChI is InChI=1S/C15H17N5O3/c1-5-20-12(6-8(2)19-20)13(21)16-15-18-17-14(23-15)11-7-9(3)22-10(11)4/h6-7H,5H2,1-4H3,(H,16,18,21). The number of anilines is 1. The third-order valence-electron chi connectivity index (χ3n) is 3.35. The summed E-state index contributed by atoms with van der Waals surface area (Å²) in [6.45, 7) is 7.99. The normalized spacial score (nSPS) is 11.0. The summed E-state index contributed by atoms with van der Waals surface area (Å²) in [7, 11) is 0. The van der Waals surface area contributed by atoms with E-state index in [4.69, 9.17) is 8.83 Å². The quantitative estimate of drug-likeness (QED) is 0.794. The van der Waals surface area contributed by atoms with Gasteiger partial charge in [0, 0.05) is 6.54 Å². The molecule has 0 saturated heterocycles. The summed E-state index contributed by atoms with van der Waals surface area (Å²) in [5.41, 5.74) is 1.93. The van der Waals surface area contributed by atoms with Crippen LogP contribution in [0, 0.1) is 20.8 Å².